The van der Waals surface area contributed by atoms with E-state index < -0.39 is 5.54 Å². The molecule has 2 aromatic heterocycles. The van der Waals surface area contributed by atoms with E-state index in [0.29, 0.717) is 87.8 Å². The Morgan fingerprint density at radius 3 is 2.44 bits per heavy atom. The fraction of sp³-hybridized carbons (Fsp3) is 0.300. The third-order valence-corrected chi connectivity index (χ3v) is 8.02. The zero-order valence-electron chi connectivity index (χ0n) is 23.9. The van der Waals surface area contributed by atoms with E-state index in [1.165, 1.54) is 7.11 Å². The number of anilines is 1. The van der Waals surface area contributed by atoms with Crippen LogP contribution in [0.25, 0.3) is 28.1 Å². The maximum atomic E-state index is 14.1. The minimum atomic E-state index is -0.525. The third kappa shape index (κ3) is 5.60. The van der Waals surface area contributed by atoms with Crippen molar-refractivity contribution in [1.82, 2.24) is 19.7 Å². The molecule has 226 valence electrons. The van der Waals surface area contributed by atoms with E-state index in [0.717, 1.165) is 0 Å². The first-order valence-corrected chi connectivity index (χ1v) is 14.3. The number of pyridine rings is 1. The maximum absolute atomic E-state index is 14.1. The van der Waals surface area contributed by atoms with Gasteiger partial charge < -0.3 is 24.8 Å². The van der Waals surface area contributed by atoms with E-state index in [2.05, 4.69) is 4.98 Å². The largest absolute Gasteiger partial charge is 0.494 e. The number of hydrogen-bond donors (Lipinski definition) is 1. The molecule has 2 aromatic carbocycles. The molecule has 6 rings (SSSR count). The second kappa shape index (κ2) is 12.2. The minimum Gasteiger partial charge on any atom is -0.494 e. The van der Waals surface area contributed by atoms with Crippen molar-refractivity contribution in [2.75, 3.05) is 39.8 Å². The number of ether oxygens (including phenoxy) is 3. The molecule has 1 saturated heterocycles. The number of hydrogen-bond acceptors (Lipinski definition) is 7. The van der Waals surface area contributed by atoms with Crippen LogP contribution >= 0.6 is 34.8 Å². The Kier molecular flexibility index (Phi) is 8.76. The average Bonchev–Trinajstić information content (AvgIpc) is 3.37. The van der Waals surface area contributed by atoms with Crippen molar-refractivity contribution in [2.24, 2.45) is 0 Å². The van der Waals surface area contributed by atoms with Gasteiger partial charge in [-0.2, -0.15) is 5.10 Å². The van der Waals surface area contributed by atoms with Crippen LogP contribution in [0.3, 0.4) is 0 Å². The number of aromatic nitrogens is 3. The van der Waals surface area contributed by atoms with Gasteiger partial charge in [0, 0.05) is 51.2 Å². The van der Waals surface area contributed by atoms with Crippen LogP contribution in [0.15, 0.2) is 42.7 Å². The van der Waals surface area contributed by atoms with Gasteiger partial charge in [0.25, 0.3) is 5.91 Å². The predicted octanol–water partition coefficient (Wildman–Crippen LogP) is 6.88. The van der Waals surface area contributed by atoms with Gasteiger partial charge in [-0.1, -0.05) is 34.8 Å². The quantitative estimate of drug-likeness (QED) is 0.257. The van der Waals surface area contributed by atoms with Crippen LogP contribution in [0.2, 0.25) is 15.1 Å². The molecule has 2 N–H and O–H groups in total. The molecule has 2 aliphatic rings. The fourth-order valence-corrected chi connectivity index (χ4v) is 6.19. The topological polar surface area (TPSA) is 105 Å². The lowest BCUT2D eigenvalue weighted by atomic mass is 9.95. The first kappa shape index (κ1) is 30.9. The molecule has 1 fully saturated rings. The highest BCUT2D eigenvalue weighted by Gasteiger charge is 2.40. The van der Waals surface area contributed by atoms with Gasteiger partial charge in [0.2, 0.25) is 0 Å². The van der Waals surface area contributed by atoms with Gasteiger partial charge in [-0.3, -0.25) is 14.2 Å². The normalized spacial score (nSPS) is 15.0. The minimum absolute atomic E-state index is 0.0601. The Morgan fingerprint density at radius 1 is 1.07 bits per heavy atom. The van der Waals surface area contributed by atoms with E-state index in [1.54, 1.807) is 46.2 Å². The number of nitrogens with zero attached hydrogens (tertiary/aromatic N) is 4. The van der Waals surface area contributed by atoms with Crippen molar-refractivity contribution in [3.8, 4) is 39.6 Å². The Balaban J connectivity index is 0.00000180. The third-order valence-electron chi connectivity index (χ3n) is 7.24. The number of morpholine rings is 1. The van der Waals surface area contributed by atoms with Crippen LogP contribution in [0, 0.1) is 0 Å². The second-order valence-corrected chi connectivity index (χ2v) is 11.7. The van der Waals surface area contributed by atoms with E-state index in [9.17, 15) is 9.18 Å². The lowest BCUT2D eigenvalue weighted by Crippen LogP contribution is -2.55. The molecule has 4 heterocycles. The Bertz CT molecular complexity index is 1690. The van der Waals surface area contributed by atoms with Crippen molar-refractivity contribution in [2.45, 2.75) is 26.0 Å². The number of carbonyl (C=O) groups is 1. The zero-order chi connectivity index (χ0) is 31.1. The molecule has 0 aliphatic carbocycles. The summed E-state index contributed by atoms with van der Waals surface area (Å²) in [5.41, 5.74) is 10.0. The van der Waals surface area contributed by atoms with Gasteiger partial charge in [0.1, 0.15) is 17.4 Å². The molecular formula is C30H29Cl3FN5O4. The summed E-state index contributed by atoms with van der Waals surface area (Å²) in [5, 5.41) is 5.97. The highest BCUT2D eigenvalue weighted by atomic mass is 35.5. The lowest BCUT2D eigenvalue weighted by Gasteiger charge is -2.41. The van der Waals surface area contributed by atoms with Crippen molar-refractivity contribution in [3.05, 3.63) is 69.1 Å². The summed E-state index contributed by atoms with van der Waals surface area (Å²) in [5.74, 6) is 0.578. The summed E-state index contributed by atoms with van der Waals surface area (Å²) in [6.45, 7) is 5.28. The van der Waals surface area contributed by atoms with Crippen LogP contribution < -0.4 is 15.2 Å². The molecule has 0 unspecified atom stereocenters. The summed E-state index contributed by atoms with van der Waals surface area (Å²) < 4.78 is 28.7. The van der Waals surface area contributed by atoms with Crippen LogP contribution in [-0.2, 0) is 11.3 Å². The van der Waals surface area contributed by atoms with E-state index >= 15 is 0 Å². The second-order valence-electron chi connectivity index (χ2n) is 10.5. The molecule has 0 saturated carbocycles. The lowest BCUT2D eigenvalue weighted by molar-refractivity contribution is -0.0374. The number of nitrogen functional groups attached to an aromatic ring is 1. The summed E-state index contributed by atoms with van der Waals surface area (Å²) in [4.78, 5) is 20.1. The zero-order valence-corrected chi connectivity index (χ0v) is 26.1. The number of methoxy groups -OCH3 is 1. The Hall–Kier alpha value is -3.57. The number of nitrogens with two attached hydrogens (primary N) is 1. The fourth-order valence-electron chi connectivity index (χ4n) is 5.34. The van der Waals surface area contributed by atoms with Crippen molar-refractivity contribution >= 4 is 46.4 Å². The summed E-state index contributed by atoms with van der Waals surface area (Å²) in [6, 6.07) is 8.76. The maximum Gasteiger partial charge on any atom is 0.275 e. The molecule has 9 nitrogen and oxygen atoms in total. The van der Waals surface area contributed by atoms with Crippen molar-refractivity contribution < 1.29 is 23.4 Å². The van der Waals surface area contributed by atoms with E-state index in [1.807, 2.05) is 19.9 Å². The van der Waals surface area contributed by atoms with Crippen LogP contribution in [-0.4, -0.2) is 65.2 Å². The molecule has 0 bridgehead atoms. The monoisotopic (exact) mass is 647 g/mol. The van der Waals surface area contributed by atoms with E-state index in [4.69, 9.17) is 59.8 Å². The molecule has 0 atom stereocenters. The molecular weight excluding hydrogens is 620 g/mol. The van der Waals surface area contributed by atoms with Gasteiger partial charge in [-0.15, -0.1) is 0 Å². The Morgan fingerprint density at radius 2 is 1.79 bits per heavy atom. The van der Waals surface area contributed by atoms with Crippen LogP contribution in [0.4, 0.5) is 10.1 Å². The summed E-state index contributed by atoms with van der Waals surface area (Å²) in [7, 11) is 2.03. The summed E-state index contributed by atoms with van der Waals surface area (Å²) in [6.07, 6.45) is 3.23. The molecule has 13 heteroatoms. The van der Waals surface area contributed by atoms with Gasteiger partial charge >= 0.3 is 0 Å². The first-order chi connectivity index (χ1) is 20.6. The van der Waals surface area contributed by atoms with Gasteiger partial charge in [-0.25, -0.2) is 4.68 Å². The van der Waals surface area contributed by atoms with Gasteiger partial charge in [-0.05, 0) is 44.2 Å². The van der Waals surface area contributed by atoms with Crippen LogP contribution in [0.5, 0.6) is 11.5 Å². The predicted molar refractivity (Wildman–Crippen MR) is 166 cm³/mol. The number of fused-ring (bicyclic) bond motifs is 3. The number of amides is 1. The summed E-state index contributed by atoms with van der Waals surface area (Å²) >= 11 is 19.7. The number of rotatable bonds is 4. The first-order valence-electron chi connectivity index (χ1n) is 13.2. The molecule has 43 heavy (non-hydrogen) atoms. The van der Waals surface area contributed by atoms with Gasteiger partial charge in [0.15, 0.2) is 11.4 Å². The van der Waals surface area contributed by atoms with Crippen molar-refractivity contribution in [1.29, 1.82) is 0 Å². The smallest absolute Gasteiger partial charge is 0.275 e. The highest BCUT2D eigenvalue weighted by Crippen LogP contribution is 2.51. The number of halogens is 4. The van der Waals surface area contributed by atoms with Gasteiger partial charge in [0.05, 0.1) is 50.1 Å². The average molecular weight is 649 g/mol. The highest BCUT2D eigenvalue weighted by molar-refractivity contribution is 6.35. The Labute approximate surface area is 263 Å². The number of alkyl halides is 1. The number of carbonyl (C=O) groups excluding carboxylic acids is 1. The standard InChI is InChI=1S/C29H26Cl3N5O4.CH3F/c1-29(2)14-40-5-4-36(29)28(38)24-22-13-41-27-21(25(22)37(35-24)19-8-16(30)7-17(31)9-19)10-20(26(39-3)23(27)32)15-6-18(33)12-34-11-15;1-2/h6-12H,4-5,13-14,33H2,1-3H3;1H3. The molecule has 2 aliphatic heterocycles. The molecule has 4 aromatic rings. The van der Waals surface area contributed by atoms with Crippen LogP contribution in [0.1, 0.15) is 29.9 Å². The number of benzene rings is 2. The SMILES string of the molecule is CF.COc1c(-c2cncc(N)c2)cc2c(c1Cl)OCc1c(C(=O)N3CCOCC3(C)C)nn(-c3cc(Cl)cc(Cl)c3)c1-2. The molecule has 1 amide bonds. The molecule has 0 spiro atoms. The molecule has 0 radical (unpaired) electrons. The van der Waals surface area contributed by atoms with Crippen molar-refractivity contribution in [3.63, 3.8) is 0 Å². The van der Waals surface area contributed by atoms with E-state index in [-0.39, 0.29) is 23.2 Å².